The highest BCUT2D eigenvalue weighted by molar-refractivity contribution is 9.10. The van der Waals surface area contributed by atoms with E-state index in [2.05, 4.69) is 56.3 Å². The van der Waals surface area contributed by atoms with Gasteiger partial charge in [0.25, 0.3) is 5.91 Å². The molecular weight excluding hydrogens is 396 g/mol. The van der Waals surface area contributed by atoms with Gasteiger partial charge in [0.05, 0.1) is 14.7 Å². The van der Waals surface area contributed by atoms with E-state index in [0.29, 0.717) is 12.5 Å². The molecule has 1 aromatic carbocycles. The minimum atomic E-state index is 0.0103. The van der Waals surface area contributed by atoms with Gasteiger partial charge in [-0.15, -0.1) is 11.3 Å². The van der Waals surface area contributed by atoms with E-state index in [1.807, 2.05) is 12.1 Å². The summed E-state index contributed by atoms with van der Waals surface area (Å²) < 4.78 is 4.47. The number of benzene rings is 1. The molecule has 0 radical (unpaired) electrons. The highest BCUT2D eigenvalue weighted by Gasteiger charge is 2.24. The second-order valence-electron chi connectivity index (χ2n) is 6.91. The van der Waals surface area contributed by atoms with Crippen LogP contribution in [0.25, 0.3) is 10.2 Å². The first-order valence-electron chi connectivity index (χ1n) is 8.72. The summed E-state index contributed by atoms with van der Waals surface area (Å²) in [6.45, 7) is 3.57. The van der Waals surface area contributed by atoms with E-state index in [-0.39, 0.29) is 5.91 Å². The highest BCUT2D eigenvalue weighted by atomic mass is 79.9. The smallest absolute Gasteiger partial charge is 0.268 e. The maximum absolute atomic E-state index is 12.8. The number of aromatic nitrogens is 1. The minimum absolute atomic E-state index is 0.0103. The molecule has 1 amide bonds. The van der Waals surface area contributed by atoms with Crippen molar-refractivity contribution < 1.29 is 4.79 Å². The molecular formula is C20H21BrN2OS. The molecule has 1 fully saturated rings. The lowest BCUT2D eigenvalue weighted by molar-refractivity contribution is 0.0939. The Bertz CT molecular complexity index is 923. The maximum atomic E-state index is 12.8. The van der Waals surface area contributed by atoms with Crippen molar-refractivity contribution >= 4 is 43.4 Å². The van der Waals surface area contributed by atoms with Gasteiger partial charge in [-0.3, -0.25) is 4.79 Å². The molecule has 1 aliphatic carbocycles. The van der Waals surface area contributed by atoms with Crippen molar-refractivity contribution in [2.75, 3.05) is 0 Å². The Morgan fingerprint density at radius 2 is 2.20 bits per heavy atom. The molecule has 0 atom stereocenters. The molecule has 4 rings (SSSR count). The summed E-state index contributed by atoms with van der Waals surface area (Å²) >= 11 is 5.34. The number of halogens is 1. The van der Waals surface area contributed by atoms with Crippen LogP contribution in [0.1, 0.15) is 40.9 Å². The predicted octanol–water partition coefficient (Wildman–Crippen LogP) is 5.50. The zero-order chi connectivity index (χ0) is 17.4. The standard InChI is InChI=1S/C20H21BrN2OS/c1-13-4-2-7-15(8-13)10-22-20(24)17-9-18-19(16(21)12-25-18)23(17)11-14-5-3-6-14/h2,4,7-9,12,14H,3,5-6,10-11H2,1H3,(H,22,24). The molecule has 5 heteroatoms. The summed E-state index contributed by atoms with van der Waals surface area (Å²) in [5.74, 6) is 0.710. The van der Waals surface area contributed by atoms with E-state index < -0.39 is 0 Å². The van der Waals surface area contributed by atoms with Crippen molar-refractivity contribution in [2.24, 2.45) is 5.92 Å². The molecule has 130 valence electrons. The van der Waals surface area contributed by atoms with Crippen molar-refractivity contribution in [1.29, 1.82) is 0 Å². The van der Waals surface area contributed by atoms with Crippen molar-refractivity contribution in [3.8, 4) is 0 Å². The Balaban J connectivity index is 1.58. The zero-order valence-electron chi connectivity index (χ0n) is 14.2. The summed E-state index contributed by atoms with van der Waals surface area (Å²) in [5, 5.41) is 5.20. The van der Waals surface area contributed by atoms with Crippen LogP contribution in [0.3, 0.4) is 0 Å². The lowest BCUT2D eigenvalue weighted by Gasteiger charge is -2.27. The van der Waals surface area contributed by atoms with Crippen LogP contribution in [0.5, 0.6) is 0 Å². The lowest BCUT2D eigenvalue weighted by atomic mass is 9.85. The summed E-state index contributed by atoms with van der Waals surface area (Å²) in [4.78, 5) is 12.8. The van der Waals surface area contributed by atoms with Crippen LogP contribution in [0.4, 0.5) is 0 Å². The van der Waals surface area contributed by atoms with Crippen LogP contribution < -0.4 is 5.32 Å². The highest BCUT2D eigenvalue weighted by Crippen LogP contribution is 2.36. The molecule has 2 aromatic heterocycles. The predicted molar refractivity (Wildman–Crippen MR) is 107 cm³/mol. The van der Waals surface area contributed by atoms with Gasteiger partial charge < -0.3 is 9.88 Å². The summed E-state index contributed by atoms with van der Waals surface area (Å²) in [7, 11) is 0. The second-order valence-corrected chi connectivity index (χ2v) is 8.67. The van der Waals surface area contributed by atoms with Gasteiger partial charge in [-0.05, 0) is 53.2 Å². The number of carbonyl (C=O) groups is 1. The number of aryl methyl sites for hydroxylation is 1. The SMILES string of the molecule is Cc1cccc(CNC(=O)c2cc3scc(Br)c3n2CC2CCC2)c1. The molecule has 3 nitrogen and oxygen atoms in total. The van der Waals surface area contributed by atoms with Crippen molar-refractivity contribution in [3.05, 3.63) is 57.0 Å². The second kappa shape index (κ2) is 6.96. The average molecular weight is 417 g/mol. The number of carbonyl (C=O) groups excluding carboxylic acids is 1. The monoisotopic (exact) mass is 416 g/mol. The first kappa shape index (κ1) is 16.9. The van der Waals surface area contributed by atoms with E-state index in [1.54, 1.807) is 11.3 Å². The van der Waals surface area contributed by atoms with Crippen molar-refractivity contribution in [1.82, 2.24) is 9.88 Å². The molecule has 1 N–H and O–H groups in total. The third-order valence-electron chi connectivity index (χ3n) is 5.01. The Kier molecular flexibility index (Phi) is 4.69. The van der Waals surface area contributed by atoms with Gasteiger partial charge >= 0.3 is 0 Å². The third-order valence-corrected chi connectivity index (χ3v) is 6.84. The fraction of sp³-hybridized carbons (Fsp3) is 0.350. The molecule has 1 aliphatic rings. The van der Waals surface area contributed by atoms with Crippen LogP contribution in [0.2, 0.25) is 0 Å². The third kappa shape index (κ3) is 3.40. The van der Waals surface area contributed by atoms with Crippen LogP contribution in [-0.4, -0.2) is 10.5 Å². The summed E-state index contributed by atoms with van der Waals surface area (Å²) in [6, 6.07) is 10.3. The molecule has 1 saturated carbocycles. The molecule has 0 aliphatic heterocycles. The topological polar surface area (TPSA) is 34.0 Å². The Morgan fingerprint density at radius 1 is 1.36 bits per heavy atom. The Hall–Kier alpha value is -1.59. The fourth-order valence-electron chi connectivity index (χ4n) is 3.44. The van der Waals surface area contributed by atoms with E-state index in [1.165, 1.54) is 29.5 Å². The van der Waals surface area contributed by atoms with Gasteiger partial charge in [-0.25, -0.2) is 0 Å². The van der Waals surface area contributed by atoms with Gasteiger partial charge in [0.1, 0.15) is 5.69 Å². The van der Waals surface area contributed by atoms with Crippen LogP contribution in [0, 0.1) is 12.8 Å². The number of amides is 1. The zero-order valence-corrected chi connectivity index (χ0v) is 16.6. The van der Waals surface area contributed by atoms with E-state index in [4.69, 9.17) is 0 Å². The first-order chi connectivity index (χ1) is 12.1. The Morgan fingerprint density at radius 3 is 2.92 bits per heavy atom. The van der Waals surface area contributed by atoms with Crippen molar-refractivity contribution in [2.45, 2.75) is 39.3 Å². The lowest BCUT2D eigenvalue weighted by Crippen LogP contribution is -2.27. The van der Waals surface area contributed by atoms with Crippen LogP contribution in [0.15, 0.2) is 40.2 Å². The molecule has 25 heavy (non-hydrogen) atoms. The molecule has 0 saturated heterocycles. The number of nitrogens with one attached hydrogen (secondary N) is 1. The number of hydrogen-bond acceptors (Lipinski definition) is 2. The number of nitrogens with zero attached hydrogens (tertiary/aromatic N) is 1. The molecule has 2 heterocycles. The van der Waals surface area contributed by atoms with Crippen molar-refractivity contribution in [3.63, 3.8) is 0 Å². The van der Waals surface area contributed by atoms with Gasteiger partial charge in [-0.2, -0.15) is 0 Å². The van der Waals surface area contributed by atoms with Gasteiger partial charge in [-0.1, -0.05) is 36.2 Å². The van der Waals surface area contributed by atoms with Crippen LogP contribution >= 0.6 is 27.3 Å². The molecule has 0 bridgehead atoms. The molecule has 0 unspecified atom stereocenters. The van der Waals surface area contributed by atoms with Gasteiger partial charge in [0.2, 0.25) is 0 Å². The van der Waals surface area contributed by atoms with Gasteiger partial charge in [0, 0.05) is 18.5 Å². The fourth-order valence-corrected chi connectivity index (χ4v) is 5.13. The quantitative estimate of drug-likeness (QED) is 0.584. The number of hydrogen-bond donors (Lipinski definition) is 1. The number of thiophene rings is 1. The van der Waals surface area contributed by atoms with E-state index in [0.717, 1.165) is 27.8 Å². The maximum Gasteiger partial charge on any atom is 0.268 e. The number of fused-ring (bicyclic) bond motifs is 1. The summed E-state index contributed by atoms with van der Waals surface area (Å²) in [5.41, 5.74) is 4.29. The largest absolute Gasteiger partial charge is 0.347 e. The van der Waals surface area contributed by atoms with Crippen LogP contribution in [-0.2, 0) is 13.1 Å². The average Bonchev–Trinajstić information content (AvgIpc) is 3.09. The molecule has 3 aromatic rings. The molecule has 0 spiro atoms. The normalized spacial score (nSPS) is 14.6. The minimum Gasteiger partial charge on any atom is -0.347 e. The van der Waals surface area contributed by atoms with E-state index in [9.17, 15) is 4.79 Å². The Labute approximate surface area is 160 Å². The number of rotatable bonds is 5. The van der Waals surface area contributed by atoms with E-state index >= 15 is 0 Å². The van der Waals surface area contributed by atoms with Gasteiger partial charge in [0.15, 0.2) is 0 Å². The summed E-state index contributed by atoms with van der Waals surface area (Å²) in [6.07, 6.45) is 3.85. The first-order valence-corrected chi connectivity index (χ1v) is 10.4.